The molecule has 0 aliphatic heterocycles. The van der Waals surface area contributed by atoms with Gasteiger partial charge < -0.3 is 10.1 Å². The van der Waals surface area contributed by atoms with E-state index in [0.29, 0.717) is 24.1 Å². The van der Waals surface area contributed by atoms with Crippen LogP contribution in [0.1, 0.15) is 33.6 Å². The van der Waals surface area contributed by atoms with Crippen molar-refractivity contribution in [2.24, 2.45) is 5.41 Å². The van der Waals surface area contributed by atoms with Gasteiger partial charge in [-0.1, -0.05) is 26.8 Å². The number of nitro benzene ring substituents is 1. The Morgan fingerprint density at radius 3 is 2.74 bits per heavy atom. The average Bonchev–Trinajstić information content (AvgIpc) is 2.93. The Bertz CT molecular complexity index is 486. The van der Waals surface area contributed by atoms with Gasteiger partial charge in [-0.15, -0.1) is 0 Å². The molecule has 19 heavy (non-hydrogen) atoms. The Hall–Kier alpha value is -1.78. The summed E-state index contributed by atoms with van der Waals surface area (Å²) >= 11 is 0. The van der Waals surface area contributed by atoms with Gasteiger partial charge in [0.05, 0.1) is 11.5 Å². The molecule has 5 nitrogen and oxygen atoms in total. The third-order valence-corrected chi connectivity index (χ3v) is 3.49. The Morgan fingerprint density at radius 1 is 1.53 bits per heavy atom. The number of rotatable bonds is 6. The van der Waals surface area contributed by atoms with Crippen LogP contribution in [0.5, 0.6) is 5.75 Å². The first-order chi connectivity index (χ1) is 8.95. The van der Waals surface area contributed by atoms with Gasteiger partial charge in [0.1, 0.15) is 5.69 Å². The number of nitrogens with one attached hydrogen (secondary N) is 1. The van der Waals surface area contributed by atoms with Gasteiger partial charge in [0, 0.05) is 6.04 Å². The zero-order valence-electron chi connectivity index (χ0n) is 11.6. The van der Waals surface area contributed by atoms with E-state index in [1.807, 2.05) is 6.92 Å². The lowest BCUT2D eigenvalue weighted by Crippen LogP contribution is -2.11. The largest absolute Gasteiger partial charge is 0.487 e. The second-order valence-electron chi connectivity index (χ2n) is 5.65. The van der Waals surface area contributed by atoms with Gasteiger partial charge >= 0.3 is 5.69 Å². The highest BCUT2D eigenvalue weighted by Gasteiger charge is 2.46. The molecule has 0 spiro atoms. The molecule has 0 saturated heterocycles. The summed E-state index contributed by atoms with van der Waals surface area (Å²) in [5, 5.41) is 14.5. The minimum absolute atomic E-state index is 0.0404. The molecular weight excluding hydrogens is 244 g/mol. The van der Waals surface area contributed by atoms with Crippen molar-refractivity contribution in [1.82, 2.24) is 0 Å². The first kappa shape index (κ1) is 13.6. The molecule has 0 radical (unpaired) electrons. The predicted octanol–water partition coefficient (Wildman–Crippen LogP) is 3.59. The third kappa shape index (κ3) is 2.97. The number of ether oxygens (including phenoxy) is 1. The van der Waals surface area contributed by atoms with Crippen molar-refractivity contribution in [3.63, 3.8) is 0 Å². The third-order valence-electron chi connectivity index (χ3n) is 3.49. The van der Waals surface area contributed by atoms with Crippen LogP contribution in [0.4, 0.5) is 11.4 Å². The molecule has 2 rings (SSSR count). The van der Waals surface area contributed by atoms with Crippen LogP contribution in [0.15, 0.2) is 18.2 Å². The summed E-state index contributed by atoms with van der Waals surface area (Å²) in [5.41, 5.74) is 0.807. The molecule has 1 aliphatic carbocycles. The van der Waals surface area contributed by atoms with Crippen molar-refractivity contribution in [2.45, 2.75) is 39.7 Å². The van der Waals surface area contributed by atoms with Gasteiger partial charge in [-0.05, 0) is 30.4 Å². The summed E-state index contributed by atoms with van der Waals surface area (Å²) in [7, 11) is 0. The maximum Gasteiger partial charge on any atom is 0.333 e. The van der Waals surface area contributed by atoms with Gasteiger partial charge in [-0.25, -0.2) is 0 Å². The molecule has 1 unspecified atom stereocenters. The minimum atomic E-state index is -0.372. The number of hydrogen-bond acceptors (Lipinski definition) is 4. The zero-order chi connectivity index (χ0) is 14.0. The van der Waals surface area contributed by atoms with Crippen LogP contribution in [-0.2, 0) is 0 Å². The Kier molecular flexibility index (Phi) is 3.64. The second kappa shape index (κ2) is 5.07. The standard InChI is InChI=1S/C14H20N2O3/c1-4-8-19-11-7-5-6-10(13(11)16(17)18)15-12-9-14(12,2)3/h5-7,12,15H,4,8-9H2,1-3H3. The maximum absolute atomic E-state index is 11.3. The number of nitrogens with zero attached hydrogens (tertiary/aromatic N) is 1. The van der Waals surface area contributed by atoms with Crippen LogP contribution in [0.3, 0.4) is 0 Å². The van der Waals surface area contributed by atoms with Crippen LogP contribution in [0.25, 0.3) is 0 Å². The van der Waals surface area contributed by atoms with Crippen LogP contribution in [0.2, 0.25) is 0 Å². The van der Waals surface area contributed by atoms with E-state index in [-0.39, 0.29) is 16.0 Å². The van der Waals surface area contributed by atoms with Crippen LogP contribution in [-0.4, -0.2) is 17.6 Å². The smallest absolute Gasteiger partial charge is 0.333 e. The van der Waals surface area contributed by atoms with Gasteiger partial charge in [0.2, 0.25) is 0 Å². The summed E-state index contributed by atoms with van der Waals surface area (Å²) in [6.45, 7) is 6.75. The number of benzene rings is 1. The average molecular weight is 264 g/mol. The molecule has 1 atom stereocenters. The van der Waals surface area contributed by atoms with Gasteiger partial charge in [-0.3, -0.25) is 10.1 Å². The van der Waals surface area contributed by atoms with Crippen LogP contribution >= 0.6 is 0 Å². The number of anilines is 1. The topological polar surface area (TPSA) is 64.4 Å². The molecule has 1 aromatic rings. The molecule has 5 heteroatoms. The Morgan fingerprint density at radius 2 is 2.21 bits per heavy atom. The van der Waals surface area contributed by atoms with Crippen molar-refractivity contribution in [3.8, 4) is 5.75 Å². The van der Waals surface area contributed by atoms with Gasteiger partial charge in [-0.2, -0.15) is 0 Å². The monoisotopic (exact) mass is 264 g/mol. The number of nitro groups is 1. The van der Waals surface area contributed by atoms with Crippen LogP contribution in [0, 0.1) is 15.5 Å². The summed E-state index contributed by atoms with van der Waals surface area (Å²) in [5.74, 6) is 0.343. The van der Waals surface area contributed by atoms with Gasteiger partial charge in [0.25, 0.3) is 0 Å². The second-order valence-corrected chi connectivity index (χ2v) is 5.65. The fourth-order valence-electron chi connectivity index (χ4n) is 2.06. The lowest BCUT2D eigenvalue weighted by atomic mass is 10.2. The molecule has 0 heterocycles. The molecule has 1 N–H and O–H groups in total. The minimum Gasteiger partial charge on any atom is -0.487 e. The van der Waals surface area contributed by atoms with E-state index in [1.54, 1.807) is 18.2 Å². The van der Waals surface area contributed by atoms with Crippen molar-refractivity contribution in [3.05, 3.63) is 28.3 Å². The SMILES string of the molecule is CCCOc1cccc(NC2CC2(C)C)c1[N+](=O)[O-]. The zero-order valence-corrected chi connectivity index (χ0v) is 11.6. The predicted molar refractivity (Wildman–Crippen MR) is 74.7 cm³/mol. The van der Waals surface area contributed by atoms with Crippen molar-refractivity contribution < 1.29 is 9.66 Å². The first-order valence-electron chi connectivity index (χ1n) is 6.62. The molecule has 0 bridgehead atoms. The summed E-state index contributed by atoms with van der Waals surface area (Å²) < 4.78 is 5.46. The van der Waals surface area contributed by atoms with E-state index < -0.39 is 0 Å². The molecule has 1 saturated carbocycles. The van der Waals surface area contributed by atoms with E-state index in [9.17, 15) is 10.1 Å². The van der Waals surface area contributed by atoms with Crippen molar-refractivity contribution in [1.29, 1.82) is 0 Å². The summed E-state index contributed by atoms with van der Waals surface area (Å²) in [6.07, 6.45) is 1.86. The van der Waals surface area contributed by atoms with E-state index in [2.05, 4.69) is 19.2 Å². The molecule has 0 aromatic heterocycles. The highest BCUT2D eigenvalue weighted by molar-refractivity contribution is 5.69. The molecule has 104 valence electrons. The van der Waals surface area contributed by atoms with E-state index in [0.717, 1.165) is 12.8 Å². The molecular formula is C14H20N2O3. The first-order valence-corrected chi connectivity index (χ1v) is 6.62. The van der Waals surface area contributed by atoms with Crippen LogP contribution < -0.4 is 10.1 Å². The lowest BCUT2D eigenvalue weighted by Gasteiger charge is -2.11. The number of para-hydroxylation sites is 1. The highest BCUT2D eigenvalue weighted by atomic mass is 16.6. The van der Waals surface area contributed by atoms with Crippen molar-refractivity contribution >= 4 is 11.4 Å². The maximum atomic E-state index is 11.3. The fourth-order valence-corrected chi connectivity index (χ4v) is 2.06. The molecule has 1 fully saturated rings. The summed E-state index contributed by atoms with van der Waals surface area (Å²) in [6, 6.07) is 5.48. The Balaban J connectivity index is 2.24. The van der Waals surface area contributed by atoms with Gasteiger partial charge in [0.15, 0.2) is 5.75 Å². The molecule has 1 aromatic carbocycles. The summed E-state index contributed by atoms with van der Waals surface area (Å²) in [4.78, 5) is 10.9. The lowest BCUT2D eigenvalue weighted by molar-refractivity contribution is -0.385. The molecule has 1 aliphatic rings. The quantitative estimate of drug-likeness (QED) is 0.630. The molecule has 0 amide bonds. The van der Waals surface area contributed by atoms with E-state index in [1.165, 1.54) is 0 Å². The normalized spacial score (nSPS) is 19.8. The van der Waals surface area contributed by atoms with E-state index in [4.69, 9.17) is 4.74 Å². The fraction of sp³-hybridized carbons (Fsp3) is 0.571. The van der Waals surface area contributed by atoms with E-state index >= 15 is 0 Å². The Labute approximate surface area is 113 Å². The highest BCUT2D eigenvalue weighted by Crippen LogP contribution is 2.48. The van der Waals surface area contributed by atoms with Crippen molar-refractivity contribution in [2.75, 3.05) is 11.9 Å². The number of hydrogen-bond donors (Lipinski definition) is 1.